The Morgan fingerprint density at radius 3 is 2.66 bits per heavy atom. The van der Waals surface area contributed by atoms with Crippen LogP contribution in [0.3, 0.4) is 0 Å². The molecule has 0 saturated carbocycles. The summed E-state index contributed by atoms with van der Waals surface area (Å²) in [5.41, 5.74) is -1.92. The topological polar surface area (TPSA) is 96.4 Å². The Hall–Kier alpha value is -2.19. The maximum Gasteiger partial charge on any atom is 0.312 e. The summed E-state index contributed by atoms with van der Waals surface area (Å²) in [5.74, 6) is -2.51. The van der Waals surface area contributed by atoms with Crippen LogP contribution >= 0.6 is 0 Å². The quantitative estimate of drug-likeness (QED) is 0.229. The number of aliphatic hydroxyl groups is 1. The smallest absolute Gasteiger partial charge is 0.312 e. The zero-order valence-corrected chi connectivity index (χ0v) is 21.5. The highest BCUT2D eigenvalue weighted by molar-refractivity contribution is 5.98. The first kappa shape index (κ1) is 27.4. The molecule has 196 valence electrons. The first-order chi connectivity index (χ1) is 16.8. The maximum absolute atomic E-state index is 14.1. The van der Waals surface area contributed by atoms with Crippen molar-refractivity contribution in [2.75, 3.05) is 26.3 Å². The van der Waals surface area contributed by atoms with Gasteiger partial charge < -0.3 is 24.4 Å². The predicted octanol–water partition coefficient (Wildman–Crippen LogP) is 2.85. The minimum absolute atomic E-state index is 0.0150. The maximum atomic E-state index is 14.1. The largest absolute Gasteiger partial charge is 0.465 e. The number of rotatable bonds is 14. The first-order valence-electron chi connectivity index (χ1n) is 13.1. The molecule has 0 aromatic heterocycles. The van der Waals surface area contributed by atoms with E-state index < -0.39 is 35.0 Å². The zero-order valence-electron chi connectivity index (χ0n) is 21.5. The number of esters is 1. The molecule has 2 bridgehead atoms. The summed E-state index contributed by atoms with van der Waals surface area (Å²) >= 11 is 0. The molecular formula is C27H42N2O6. The SMILES string of the molecule is C=CCCCOC(=O)[C@@H]1[C@H]2C(=O)N(CCO)C(C(=O)N(CC=C)C(C)CCC)C23CC[C@@]1(CC)O3. The highest BCUT2D eigenvalue weighted by Crippen LogP contribution is 2.64. The highest BCUT2D eigenvalue weighted by atomic mass is 16.6. The van der Waals surface area contributed by atoms with Gasteiger partial charge in [0.05, 0.1) is 24.7 Å². The average Bonchev–Trinajstić information content (AvgIpc) is 3.44. The Labute approximate surface area is 209 Å². The van der Waals surface area contributed by atoms with Crippen LogP contribution in [0.25, 0.3) is 0 Å². The Balaban J connectivity index is 2.00. The van der Waals surface area contributed by atoms with Crippen molar-refractivity contribution in [2.45, 2.75) is 89.0 Å². The van der Waals surface area contributed by atoms with Crippen molar-refractivity contribution in [3.05, 3.63) is 25.3 Å². The molecule has 1 N–H and O–H groups in total. The van der Waals surface area contributed by atoms with Crippen molar-refractivity contribution in [1.82, 2.24) is 9.80 Å². The molecule has 0 aliphatic carbocycles. The number of allylic oxidation sites excluding steroid dienone is 1. The molecule has 0 aromatic carbocycles. The van der Waals surface area contributed by atoms with Gasteiger partial charge in [-0.05, 0) is 45.4 Å². The van der Waals surface area contributed by atoms with E-state index in [0.29, 0.717) is 32.2 Å². The number of fused-ring (bicyclic) bond motifs is 1. The van der Waals surface area contributed by atoms with Gasteiger partial charge in [0.2, 0.25) is 11.8 Å². The lowest BCUT2D eigenvalue weighted by Crippen LogP contribution is -2.58. The second-order valence-electron chi connectivity index (χ2n) is 10.1. The van der Waals surface area contributed by atoms with Crippen molar-refractivity contribution in [2.24, 2.45) is 11.8 Å². The van der Waals surface area contributed by atoms with Gasteiger partial charge >= 0.3 is 5.97 Å². The summed E-state index contributed by atoms with van der Waals surface area (Å²) in [6, 6.07) is -0.935. The zero-order chi connectivity index (χ0) is 25.8. The summed E-state index contributed by atoms with van der Waals surface area (Å²) in [6.45, 7) is 13.9. The Morgan fingerprint density at radius 1 is 1.31 bits per heavy atom. The second-order valence-corrected chi connectivity index (χ2v) is 10.1. The molecule has 3 aliphatic rings. The van der Waals surface area contributed by atoms with Crippen LogP contribution in [0.1, 0.15) is 65.7 Å². The van der Waals surface area contributed by atoms with Gasteiger partial charge in [0, 0.05) is 19.1 Å². The fourth-order valence-corrected chi connectivity index (χ4v) is 6.55. The summed E-state index contributed by atoms with van der Waals surface area (Å²) in [6.07, 6.45) is 8.23. The van der Waals surface area contributed by atoms with E-state index >= 15 is 0 Å². The Kier molecular flexibility index (Phi) is 8.81. The van der Waals surface area contributed by atoms with E-state index in [0.717, 1.165) is 19.3 Å². The van der Waals surface area contributed by atoms with Crippen LogP contribution in [-0.2, 0) is 23.9 Å². The molecule has 3 heterocycles. The van der Waals surface area contributed by atoms with E-state index in [2.05, 4.69) is 20.1 Å². The van der Waals surface area contributed by atoms with Gasteiger partial charge in [0.25, 0.3) is 0 Å². The van der Waals surface area contributed by atoms with E-state index in [1.807, 2.05) is 13.8 Å². The van der Waals surface area contributed by atoms with Gasteiger partial charge in [-0.15, -0.1) is 13.2 Å². The van der Waals surface area contributed by atoms with Crippen LogP contribution in [0.4, 0.5) is 0 Å². The van der Waals surface area contributed by atoms with E-state index in [-0.39, 0.29) is 37.6 Å². The second kappa shape index (κ2) is 11.2. The molecule has 0 radical (unpaired) electrons. The number of ether oxygens (including phenoxy) is 2. The monoisotopic (exact) mass is 490 g/mol. The van der Waals surface area contributed by atoms with Crippen molar-refractivity contribution in [1.29, 1.82) is 0 Å². The minimum atomic E-state index is -1.10. The predicted molar refractivity (Wildman–Crippen MR) is 132 cm³/mol. The van der Waals surface area contributed by atoms with Crippen LogP contribution in [0.5, 0.6) is 0 Å². The van der Waals surface area contributed by atoms with E-state index in [1.54, 1.807) is 17.1 Å². The van der Waals surface area contributed by atoms with Crippen LogP contribution in [-0.4, -0.2) is 82.3 Å². The molecule has 3 unspecified atom stereocenters. The Bertz CT molecular complexity index is 830. The van der Waals surface area contributed by atoms with Gasteiger partial charge in [-0.2, -0.15) is 0 Å². The van der Waals surface area contributed by atoms with Crippen molar-refractivity contribution >= 4 is 17.8 Å². The summed E-state index contributed by atoms with van der Waals surface area (Å²) in [5, 5.41) is 9.77. The fraction of sp³-hybridized carbons (Fsp3) is 0.741. The lowest BCUT2D eigenvalue weighted by atomic mass is 9.65. The normalized spacial score (nSPS) is 31.8. The number of likely N-dealkylation sites (tertiary alicyclic amines) is 1. The molecule has 3 aliphatic heterocycles. The molecule has 2 amide bonds. The number of carbonyl (C=O) groups is 3. The van der Waals surface area contributed by atoms with Gasteiger partial charge in [0.15, 0.2) is 0 Å². The number of hydrogen-bond acceptors (Lipinski definition) is 6. The van der Waals surface area contributed by atoms with Gasteiger partial charge in [-0.1, -0.05) is 32.4 Å². The van der Waals surface area contributed by atoms with Crippen LogP contribution < -0.4 is 0 Å². The van der Waals surface area contributed by atoms with Crippen molar-refractivity contribution in [3.63, 3.8) is 0 Å². The molecule has 8 heteroatoms. The first-order valence-corrected chi connectivity index (χ1v) is 13.1. The molecule has 3 rings (SSSR count). The molecule has 0 aromatic rings. The molecule has 3 saturated heterocycles. The summed E-state index contributed by atoms with van der Waals surface area (Å²) < 4.78 is 12.3. The summed E-state index contributed by atoms with van der Waals surface area (Å²) in [4.78, 5) is 44.5. The van der Waals surface area contributed by atoms with Gasteiger partial charge in [-0.25, -0.2) is 0 Å². The third-order valence-corrected chi connectivity index (χ3v) is 8.15. The minimum Gasteiger partial charge on any atom is -0.465 e. The molecule has 1 spiro atoms. The fourth-order valence-electron chi connectivity index (χ4n) is 6.55. The number of nitrogens with zero attached hydrogens (tertiary/aromatic N) is 2. The molecule has 35 heavy (non-hydrogen) atoms. The number of carbonyl (C=O) groups excluding carboxylic acids is 3. The number of unbranched alkanes of at least 4 members (excludes halogenated alkanes) is 1. The van der Waals surface area contributed by atoms with Crippen LogP contribution in [0, 0.1) is 11.8 Å². The Morgan fingerprint density at radius 2 is 2.06 bits per heavy atom. The third-order valence-electron chi connectivity index (χ3n) is 8.15. The average molecular weight is 491 g/mol. The number of hydrogen-bond donors (Lipinski definition) is 1. The van der Waals surface area contributed by atoms with Crippen molar-refractivity contribution in [3.8, 4) is 0 Å². The molecule has 8 nitrogen and oxygen atoms in total. The molecule has 6 atom stereocenters. The van der Waals surface area contributed by atoms with Crippen LogP contribution in [0.15, 0.2) is 25.3 Å². The number of aliphatic hydroxyl groups excluding tert-OH is 1. The lowest BCUT2D eigenvalue weighted by molar-refractivity contribution is -0.162. The summed E-state index contributed by atoms with van der Waals surface area (Å²) in [7, 11) is 0. The lowest BCUT2D eigenvalue weighted by Gasteiger charge is -2.38. The van der Waals surface area contributed by atoms with Crippen LogP contribution in [0.2, 0.25) is 0 Å². The van der Waals surface area contributed by atoms with Gasteiger partial charge in [0.1, 0.15) is 17.6 Å². The standard InChI is InChI=1S/C27H42N2O6/c1-6-10-11-18-34-25(33)21-20-23(31)29(16-17-30)22(27(20)14-13-26(21,9-4)35-27)24(32)28(15-8-3)19(5)12-7-2/h6,8,19-22,30H,1,3,7,9-18H2,2,4-5H3/t19?,20-,21-,22?,26+,27?/m0/s1. The van der Waals surface area contributed by atoms with E-state index in [9.17, 15) is 19.5 Å². The van der Waals surface area contributed by atoms with Crippen molar-refractivity contribution < 1.29 is 29.0 Å². The third kappa shape index (κ3) is 4.55. The molecular weight excluding hydrogens is 448 g/mol. The molecule has 3 fully saturated rings. The van der Waals surface area contributed by atoms with E-state index in [4.69, 9.17) is 9.47 Å². The van der Waals surface area contributed by atoms with E-state index in [1.165, 1.54) is 4.90 Å². The highest BCUT2D eigenvalue weighted by Gasteiger charge is 2.79. The van der Waals surface area contributed by atoms with Gasteiger partial charge in [-0.3, -0.25) is 14.4 Å². The number of β-amino-alcohol motifs (C(OH)–C–C–N with tert-alkyl or cyclic N) is 1. The number of amides is 2.